The maximum atomic E-state index is 12.5. The van der Waals surface area contributed by atoms with E-state index in [0.29, 0.717) is 13.0 Å². The number of hydrogen-bond acceptors (Lipinski definition) is 5. The molecule has 0 heterocycles. The highest BCUT2D eigenvalue weighted by atomic mass is 32.2. The molecule has 0 aliphatic carbocycles. The summed E-state index contributed by atoms with van der Waals surface area (Å²) in [7, 11) is -2.61. The number of esters is 1. The Morgan fingerprint density at radius 3 is 2.67 bits per heavy atom. The first-order valence-corrected chi connectivity index (χ1v) is 7.84. The summed E-state index contributed by atoms with van der Waals surface area (Å²) >= 11 is 0. The Labute approximate surface area is 124 Å². The monoisotopic (exact) mass is 313 g/mol. The number of benzene rings is 1. The van der Waals surface area contributed by atoms with Crippen molar-refractivity contribution in [1.29, 1.82) is 0 Å². The molecule has 0 saturated carbocycles. The Morgan fingerprint density at radius 2 is 2.14 bits per heavy atom. The molecular formula is C14H19NO5S. The number of sulfonamides is 1. The van der Waals surface area contributed by atoms with Gasteiger partial charge in [0.25, 0.3) is 0 Å². The van der Waals surface area contributed by atoms with Crippen LogP contribution in [0.3, 0.4) is 0 Å². The van der Waals surface area contributed by atoms with Gasteiger partial charge < -0.3 is 9.84 Å². The number of hydrogen-bond donors (Lipinski definition) is 1. The lowest BCUT2D eigenvalue weighted by molar-refractivity contribution is 0.0597. The fourth-order valence-corrected chi connectivity index (χ4v) is 3.33. The number of rotatable bonds is 7. The summed E-state index contributed by atoms with van der Waals surface area (Å²) in [5.74, 6) is -1.12. The van der Waals surface area contributed by atoms with Crippen LogP contribution >= 0.6 is 0 Å². The topological polar surface area (TPSA) is 83.9 Å². The standard InChI is InChI=1S/C14H19NO5S/c1-4-8-15(9-5-2)21(18,19)11-6-7-13(16)12(10-11)14(17)20-3/h4,6-7,10,16H,1,5,8-9H2,2-3H3. The van der Waals surface area contributed by atoms with Crippen molar-refractivity contribution in [2.24, 2.45) is 0 Å². The number of phenolic OH excluding ortho intramolecular Hbond substituents is 1. The third-order valence-corrected chi connectivity index (χ3v) is 4.68. The van der Waals surface area contributed by atoms with Gasteiger partial charge in [0.1, 0.15) is 11.3 Å². The molecule has 0 spiro atoms. The number of carbonyl (C=O) groups excluding carboxylic acids is 1. The van der Waals surface area contributed by atoms with Crippen LogP contribution in [0.15, 0.2) is 35.7 Å². The highest BCUT2D eigenvalue weighted by molar-refractivity contribution is 7.89. The van der Waals surface area contributed by atoms with Crippen molar-refractivity contribution in [2.75, 3.05) is 20.2 Å². The molecule has 0 atom stereocenters. The Balaban J connectivity index is 3.30. The molecule has 1 aromatic rings. The van der Waals surface area contributed by atoms with Gasteiger partial charge in [-0.15, -0.1) is 6.58 Å². The van der Waals surface area contributed by atoms with Gasteiger partial charge in [0.15, 0.2) is 0 Å². The molecule has 1 aromatic carbocycles. The number of methoxy groups -OCH3 is 1. The van der Waals surface area contributed by atoms with Crippen molar-refractivity contribution in [3.63, 3.8) is 0 Å². The predicted molar refractivity (Wildman–Crippen MR) is 78.7 cm³/mol. The molecule has 7 heteroatoms. The molecular weight excluding hydrogens is 294 g/mol. The molecule has 0 radical (unpaired) electrons. The average Bonchev–Trinajstić information content (AvgIpc) is 2.46. The average molecular weight is 313 g/mol. The number of nitrogens with zero attached hydrogens (tertiary/aromatic N) is 1. The third-order valence-electron chi connectivity index (χ3n) is 2.82. The Hall–Kier alpha value is -1.86. The Kier molecular flexibility index (Phi) is 5.92. The van der Waals surface area contributed by atoms with Crippen LogP contribution in [-0.2, 0) is 14.8 Å². The highest BCUT2D eigenvalue weighted by Gasteiger charge is 2.25. The minimum atomic E-state index is -3.76. The Morgan fingerprint density at radius 1 is 1.48 bits per heavy atom. The fraction of sp³-hybridized carbons (Fsp3) is 0.357. The number of ether oxygens (including phenoxy) is 1. The molecule has 0 unspecified atom stereocenters. The van der Waals surface area contributed by atoms with Gasteiger partial charge in [0.05, 0.1) is 12.0 Å². The zero-order valence-electron chi connectivity index (χ0n) is 12.1. The van der Waals surface area contributed by atoms with Gasteiger partial charge in [-0.25, -0.2) is 13.2 Å². The first-order chi connectivity index (χ1) is 9.88. The van der Waals surface area contributed by atoms with Gasteiger partial charge in [-0.1, -0.05) is 13.0 Å². The van der Waals surface area contributed by atoms with Gasteiger partial charge in [-0.3, -0.25) is 0 Å². The molecule has 0 fully saturated rings. The molecule has 6 nitrogen and oxygen atoms in total. The normalized spacial score (nSPS) is 11.4. The summed E-state index contributed by atoms with van der Waals surface area (Å²) in [6.45, 7) is 5.91. The van der Waals surface area contributed by atoms with Gasteiger partial charge in [-0.05, 0) is 24.6 Å². The molecule has 0 bridgehead atoms. The summed E-state index contributed by atoms with van der Waals surface area (Å²) in [6.07, 6.45) is 2.14. The van der Waals surface area contributed by atoms with E-state index in [4.69, 9.17) is 0 Å². The largest absolute Gasteiger partial charge is 0.507 e. The first kappa shape index (κ1) is 17.2. The summed E-state index contributed by atoms with van der Waals surface area (Å²) in [5.41, 5.74) is -0.186. The van der Waals surface area contributed by atoms with E-state index < -0.39 is 16.0 Å². The van der Waals surface area contributed by atoms with E-state index in [9.17, 15) is 18.3 Å². The van der Waals surface area contributed by atoms with Gasteiger partial charge in [-0.2, -0.15) is 4.31 Å². The van der Waals surface area contributed by atoms with Crippen LogP contribution in [0.5, 0.6) is 5.75 Å². The van der Waals surface area contributed by atoms with Crippen LogP contribution in [0.1, 0.15) is 23.7 Å². The SMILES string of the molecule is C=CCN(CCC)S(=O)(=O)c1ccc(O)c(C(=O)OC)c1. The van der Waals surface area contributed by atoms with Crippen molar-refractivity contribution in [3.05, 3.63) is 36.4 Å². The van der Waals surface area contributed by atoms with E-state index in [0.717, 1.165) is 19.2 Å². The first-order valence-electron chi connectivity index (χ1n) is 6.40. The number of carbonyl (C=O) groups is 1. The summed E-state index contributed by atoms with van der Waals surface area (Å²) in [5, 5.41) is 9.62. The number of phenols is 1. The molecule has 0 amide bonds. The molecule has 0 aromatic heterocycles. The van der Waals surface area contributed by atoms with Crippen molar-refractivity contribution >= 4 is 16.0 Å². The van der Waals surface area contributed by atoms with Gasteiger partial charge in [0.2, 0.25) is 10.0 Å². The van der Waals surface area contributed by atoms with Crippen molar-refractivity contribution < 1.29 is 23.1 Å². The van der Waals surface area contributed by atoms with Crippen molar-refractivity contribution in [1.82, 2.24) is 4.31 Å². The fourth-order valence-electron chi connectivity index (χ4n) is 1.80. The lowest BCUT2D eigenvalue weighted by Crippen LogP contribution is -2.32. The lowest BCUT2D eigenvalue weighted by Gasteiger charge is -2.20. The van der Waals surface area contributed by atoms with Crippen molar-refractivity contribution in [2.45, 2.75) is 18.2 Å². The van der Waals surface area contributed by atoms with Crippen LogP contribution in [0.2, 0.25) is 0 Å². The second-order valence-electron chi connectivity index (χ2n) is 4.32. The van der Waals surface area contributed by atoms with Crippen LogP contribution in [-0.4, -0.2) is 44.0 Å². The highest BCUT2D eigenvalue weighted by Crippen LogP contribution is 2.24. The lowest BCUT2D eigenvalue weighted by atomic mass is 10.2. The second-order valence-corrected chi connectivity index (χ2v) is 6.26. The Bertz CT molecular complexity index is 624. The van der Waals surface area contributed by atoms with E-state index in [2.05, 4.69) is 11.3 Å². The molecule has 1 N–H and O–H groups in total. The maximum Gasteiger partial charge on any atom is 0.341 e. The molecule has 116 valence electrons. The van der Waals surface area contributed by atoms with E-state index >= 15 is 0 Å². The van der Waals surface area contributed by atoms with Crippen molar-refractivity contribution in [3.8, 4) is 5.75 Å². The van der Waals surface area contributed by atoms with E-state index in [1.54, 1.807) is 0 Å². The zero-order chi connectivity index (χ0) is 16.0. The minimum absolute atomic E-state index is 0.0731. The zero-order valence-corrected chi connectivity index (χ0v) is 12.9. The van der Waals surface area contributed by atoms with Crippen LogP contribution in [0, 0.1) is 0 Å². The summed E-state index contributed by atoms with van der Waals surface area (Å²) in [6, 6.07) is 3.53. The summed E-state index contributed by atoms with van der Waals surface area (Å²) in [4.78, 5) is 11.5. The minimum Gasteiger partial charge on any atom is -0.507 e. The molecule has 21 heavy (non-hydrogen) atoms. The quantitative estimate of drug-likeness (QED) is 0.612. The molecule has 0 aliphatic heterocycles. The number of aromatic hydroxyl groups is 1. The van der Waals surface area contributed by atoms with Crippen LogP contribution in [0.4, 0.5) is 0 Å². The van der Waals surface area contributed by atoms with E-state index in [-0.39, 0.29) is 22.8 Å². The van der Waals surface area contributed by atoms with Crippen LogP contribution < -0.4 is 0 Å². The second kappa shape index (κ2) is 7.24. The van der Waals surface area contributed by atoms with Crippen LogP contribution in [0.25, 0.3) is 0 Å². The van der Waals surface area contributed by atoms with E-state index in [1.165, 1.54) is 16.4 Å². The molecule has 0 aliphatic rings. The molecule has 1 rings (SSSR count). The molecule has 0 saturated heterocycles. The predicted octanol–water partition coefficient (Wildman–Crippen LogP) is 1.77. The third kappa shape index (κ3) is 3.83. The van der Waals surface area contributed by atoms with E-state index in [1.807, 2.05) is 6.92 Å². The van der Waals surface area contributed by atoms with Gasteiger partial charge >= 0.3 is 5.97 Å². The maximum absolute atomic E-state index is 12.5. The smallest absolute Gasteiger partial charge is 0.341 e. The summed E-state index contributed by atoms with van der Waals surface area (Å²) < 4.78 is 30.8. The van der Waals surface area contributed by atoms with Gasteiger partial charge in [0, 0.05) is 13.1 Å².